The number of hydrogen-bond donors (Lipinski definition) is 1. The van der Waals surface area contributed by atoms with Crippen molar-refractivity contribution in [2.24, 2.45) is 0 Å². The van der Waals surface area contributed by atoms with E-state index in [1.165, 1.54) is 10.6 Å². The maximum atomic E-state index is 13.6. The molecule has 2 aromatic rings. The highest BCUT2D eigenvalue weighted by Gasteiger charge is 2.31. The molecule has 10 heteroatoms. The predicted octanol–water partition coefficient (Wildman–Crippen LogP) is 6.02. The van der Waals surface area contributed by atoms with E-state index >= 15 is 0 Å². The fourth-order valence-electron chi connectivity index (χ4n) is 5.11. The summed E-state index contributed by atoms with van der Waals surface area (Å²) in [5.74, 6) is -0.380. The molecule has 0 radical (unpaired) electrons. The van der Waals surface area contributed by atoms with Crippen molar-refractivity contribution in [2.75, 3.05) is 17.1 Å². The summed E-state index contributed by atoms with van der Waals surface area (Å²) >= 11 is 12.3. The lowest BCUT2D eigenvalue weighted by Crippen LogP contribution is -2.51. The maximum absolute atomic E-state index is 13.6. The van der Waals surface area contributed by atoms with Gasteiger partial charge in [-0.25, -0.2) is 8.42 Å². The van der Waals surface area contributed by atoms with E-state index in [-0.39, 0.29) is 37.4 Å². The monoisotopic (exact) mass is 595 g/mol. The number of hydrogen-bond acceptors (Lipinski definition) is 4. The number of amides is 2. The smallest absolute Gasteiger partial charge is 0.243 e. The lowest BCUT2D eigenvalue weighted by atomic mass is 10.1. The van der Waals surface area contributed by atoms with Crippen LogP contribution in [0.2, 0.25) is 10.0 Å². The first-order valence-corrected chi connectivity index (χ1v) is 16.1. The van der Waals surface area contributed by atoms with Crippen molar-refractivity contribution in [3.8, 4) is 0 Å². The third-order valence-corrected chi connectivity index (χ3v) is 9.34. The Balaban J connectivity index is 1.80. The van der Waals surface area contributed by atoms with Crippen LogP contribution in [0.5, 0.6) is 0 Å². The van der Waals surface area contributed by atoms with Crippen LogP contribution in [0.15, 0.2) is 36.4 Å². The Morgan fingerprint density at radius 2 is 1.77 bits per heavy atom. The van der Waals surface area contributed by atoms with Crippen LogP contribution in [0.3, 0.4) is 0 Å². The van der Waals surface area contributed by atoms with Gasteiger partial charge in [0.15, 0.2) is 0 Å². The zero-order valence-electron chi connectivity index (χ0n) is 23.2. The van der Waals surface area contributed by atoms with Gasteiger partial charge in [-0.2, -0.15) is 0 Å². The Morgan fingerprint density at radius 1 is 1.08 bits per heavy atom. The second-order valence-corrected chi connectivity index (χ2v) is 13.1. The minimum absolute atomic E-state index is 0.0887. The first-order valence-electron chi connectivity index (χ1n) is 13.5. The molecule has 0 saturated heterocycles. The van der Waals surface area contributed by atoms with E-state index in [2.05, 4.69) is 5.32 Å². The van der Waals surface area contributed by atoms with Crippen molar-refractivity contribution in [1.82, 2.24) is 10.2 Å². The summed E-state index contributed by atoms with van der Waals surface area (Å²) in [7, 11) is -3.56. The van der Waals surface area contributed by atoms with E-state index in [0.29, 0.717) is 28.6 Å². The van der Waals surface area contributed by atoms with Crippen LogP contribution in [-0.2, 0) is 26.2 Å². The van der Waals surface area contributed by atoms with E-state index in [1.807, 2.05) is 32.9 Å². The summed E-state index contributed by atoms with van der Waals surface area (Å²) in [5, 5.41) is 3.92. The van der Waals surface area contributed by atoms with Crippen LogP contribution in [-0.4, -0.2) is 50.0 Å². The highest BCUT2D eigenvalue weighted by molar-refractivity contribution is 7.92. The van der Waals surface area contributed by atoms with Gasteiger partial charge in [0, 0.05) is 25.6 Å². The molecule has 1 aliphatic carbocycles. The quantitative estimate of drug-likeness (QED) is 0.325. The Morgan fingerprint density at radius 3 is 2.38 bits per heavy atom. The summed E-state index contributed by atoms with van der Waals surface area (Å²) < 4.78 is 26.7. The number of anilines is 1. The third kappa shape index (κ3) is 8.35. The Hall–Kier alpha value is -2.29. The normalized spacial score (nSPS) is 14.7. The lowest BCUT2D eigenvalue weighted by molar-refractivity contribution is -0.141. The molecule has 1 aliphatic rings. The number of benzene rings is 2. The molecule has 2 amide bonds. The number of sulfonamides is 1. The summed E-state index contributed by atoms with van der Waals surface area (Å²) in [6.07, 6.45) is 6.08. The molecule has 0 heterocycles. The number of halogens is 2. The molecule has 1 fully saturated rings. The zero-order chi connectivity index (χ0) is 28.7. The highest BCUT2D eigenvalue weighted by Crippen LogP contribution is 2.27. The van der Waals surface area contributed by atoms with Crippen LogP contribution < -0.4 is 9.62 Å². The summed E-state index contributed by atoms with van der Waals surface area (Å²) in [5.41, 5.74) is 3.24. The zero-order valence-corrected chi connectivity index (χ0v) is 25.5. The molecule has 1 saturated carbocycles. The minimum atomic E-state index is -3.56. The first kappa shape index (κ1) is 31.2. The van der Waals surface area contributed by atoms with Crippen molar-refractivity contribution < 1.29 is 18.0 Å². The Bertz CT molecular complexity index is 1280. The van der Waals surface area contributed by atoms with Crippen LogP contribution >= 0.6 is 23.2 Å². The molecule has 1 N–H and O–H groups in total. The number of nitrogens with one attached hydrogen (secondary N) is 1. The predicted molar refractivity (Wildman–Crippen MR) is 159 cm³/mol. The Labute approximate surface area is 242 Å². The van der Waals surface area contributed by atoms with Gasteiger partial charge in [-0.1, -0.05) is 61.2 Å². The highest BCUT2D eigenvalue weighted by atomic mass is 35.5. The largest absolute Gasteiger partial charge is 0.352 e. The Kier molecular flexibility index (Phi) is 11.1. The number of carbonyl (C=O) groups excluding carboxylic acids is 2. The second kappa shape index (κ2) is 13.9. The van der Waals surface area contributed by atoms with E-state index < -0.39 is 16.1 Å². The van der Waals surface area contributed by atoms with Gasteiger partial charge in [0.2, 0.25) is 21.8 Å². The molecular weight excluding hydrogens is 557 g/mol. The number of rotatable bonds is 12. The fourth-order valence-corrected chi connectivity index (χ4v) is 6.45. The molecule has 3 rings (SSSR count). The van der Waals surface area contributed by atoms with Gasteiger partial charge >= 0.3 is 0 Å². The molecule has 214 valence electrons. The number of carbonyl (C=O) groups is 2. The standard InChI is InChI=1S/C29H39Cl2N3O4S/c1-5-26(29(36)32-23-11-6-7-12-23)33(19-22-15-16-24(30)25(31)18-22)28(35)14-9-17-34(39(4,37)38)27-13-8-10-20(2)21(27)3/h8,10,13,15-16,18,23,26H,5-7,9,11-12,14,17,19H2,1-4H3,(H,32,36)/t26-/m0/s1. The molecular formula is C29H39Cl2N3O4S. The third-order valence-electron chi connectivity index (χ3n) is 7.42. The van der Waals surface area contributed by atoms with E-state index in [9.17, 15) is 18.0 Å². The van der Waals surface area contributed by atoms with Gasteiger partial charge in [-0.3, -0.25) is 13.9 Å². The molecule has 0 aromatic heterocycles. The van der Waals surface area contributed by atoms with Crippen molar-refractivity contribution in [3.05, 3.63) is 63.1 Å². The molecule has 7 nitrogen and oxygen atoms in total. The van der Waals surface area contributed by atoms with Crippen LogP contribution in [0.25, 0.3) is 0 Å². The molecule has 0 unspecified atom stereocenters. The van der Waals surface area contributed by atoms with Crippen LogP contribution in [0, 0.1) is 13.8 Å². The summed E-state index contributed by atoms with van der Waals surface area (Å²) in [6, 6.07) is 10.2. The van der Waals surface area contributed by atoms with Crippen molar-refractivity contribution in [2.45, 2.75) is 84.3 Å². The van der Waals surface area contributed by atoms with E-state index in [4.69, 9.17) is 23.2 Å². The van der Waals surface area contributed by atoms with Crippen LogP contribution in [0.1, 0.15) is 68.6 Å². The second-order valence-electron chi connectivity index (χ2n) is 10.3. The lowest BCUT2D eigenvalue weighted by Gasteiger charge is -2.32. The molecule has 39 heavy (non-hydrogen) atoms. The van der Waals surface area contributed by atoms with Crippen molar-refractivity contribution in [3.63, 3.8) is 0 Å². The molecule has 0 spiro atoms. The summed E-state index contributed by atoms with van der Waals surface area (Å²) in [6.45, 7) is 6.06. The van der Waals surface area contributed by atoms with Crippen molar-refractivity contribution >= 4 is 50.7 Å². The van der Waals surface area contributed by atoms with E-state index in [1.54, 1.807) is 29.2 Å². The number of nitrogens with zero attached hydrogens (tertiary/aromatic N) is 2. The average Bonchev–Trinajstić information content (AvgIpc) is 3.38. The van der Waals surface area contributed by atoms with Crippen molar-refractivity contribution in [1.29, 1.82) is 0 Å². The maximum Gasteiger partial charge on any atom is 0.243 e. The minimum Gasteiger partial charge on any atom is -0.352 e. The topological polar surface area (TPSA) is 86.8 Å². The van der Waals surface area contributed by atoms with E-state index in [0.717, 1.165) is 42.4 Å². The van der Waals surface area contributed by atoms with Gasteiger partial charge in [0.25, 0.3) is 0 Å². The van der Waals surface area contributed by atoms with Gasteiger partial charge in [-0.15, -0.1) is 0 Å². The number of aryl methyl sites for hydroxylation is 1. The molecule has 1 atom stereocenters. The fraction of sp³-hybridized carbons (Fsp3) is 0.517. The van der Waals surface area contributed by atoms with Gasteiger partial charge in [0.1, 0.15) is 6.04 Å². The first-order chi connectivity index (χ1) is 18.4. The average molecular weight is 597 g/mol. The summed E-state index contributed by atoms with van der Waals surface area (Å²) in [4.78, 5) is 28.6. The van der Waals surface area contributed by atoms with Gasteiger partial charge in [-0.05, 0) is 74.4 Å². The molecule has 2 aromatic carbocycles. The SMILES string of the molecule is CC[C@@H](C(=O)NC1CCCC1)N(Cc1ccc(Cl)c(Cl)c1)C(=O)CCCN(c1cccc(C)c1C)S(C)(=O)=O. The van der Waals surface area contributed by atoms with Gasteiger partial charge < -0.3 is 10.2 Å². The molecule has 0 aliphatic heterocycles. The van der Waals surface area contributed by atoms with Gasteiger partial charge in [0.05, 0.1) is 22.0 Å². The van der Waals surface area contributed by atoms with Crippen LogP contribution in [0.4, 0.5) is 5.69 Å². The molecule has 0 bridgehead atoms.